The third-order valence-corrected chi connectivity index (χ3v) is 5.20. The maximum Gasteiger partial charge on any atom is 0.217 e. The number of carbonyl (C=O) groups excluding carboxylic acids is 1. The summed E-state index contributed by atoms with van der Waals surface area (Å²) in [5, 5.41) is 23.5. The maximum atomic E-state index is 11.3. The second-order valence-electron chi connectivity index (χ2n) is 7.67. The first kappa shape index (κ1) is 20.2. The summed E-state index contributed by atoms with van der Waals surface area (Å²) < 4.78 is 5.40. The van der Waals surface area contributed by atoms with Gasteiger partial charge in [-0.15, -0.1) is 0 Å². The molecule has 0 radical (unpaired) electrons. The standard InChI is InChI=1S/C20H31N3O4/c1-15(24)21-19-10-18(25)13-23(14-20(19)26)12-17-4-2-3-16(9-17)11-22-5-7-27-8-6-22/h2-4,9,18-20,25-26H,5-8,10-14H2,1H3,(H,21,24)/t18-,19-,20-/m1/s1. The zero-order valence-electron chi connectivity index (χ0n) is 16.0. The quantitative estimate of drug-likeness (QED) is 0.667. The molecule has 2 aliphatic rings. The Balaban J connectivity index is 1.60. The molecule has 2 saturated heterocycles. The van der Waals surface area contributed by atoms with Gasteiger partial charge in [0.05, 0.1) is 31.5 Å². The van der Waals surface area contributed by atoms with Gasteiger partial charge in [0.2, 0.25) is 5.91 Å². The van der Waals surface area contributed by atoms with Crippen molar-refractivity contribution >= 4 is 5.91 Å². The van der Waals surface area contributed by atoms with Gasteiger partial charge in [-0.1, -0.05) is 24.3 Å². The van der Waals surface area contributed by atoms with Gasteiger partial charge < -0.3 is 20.3 Å². The monoisotopic (exact) mass is 377 g/mol. The third-order valence-electron chi connectivity index (χ3n) is 5.20. The topological polar surface area (TPSA) is 85.3 Å². The Labute approximate surface area is 160 Å². The van der Waals surface area contributed by atoms with Crippen LogP contribution in [-0.4, -0.2) is 83.6 Å². The van der Waals surface area contributed by atoms with Crippen molar-refractivity contribution in [1.29, 1.82) is 0 Å². The molecule has 0 spiro atoms. The number of morpholine rings is 1. The van der Waals surface area contributed by atoms with Crippen molar-refractivity contribution in [3.05, 3.63) is 35.4 Å². The number of amides is 1. The Morgan fingerprint density at radius 1 is 1.15 bits per heavy atom. The molecule has 2 fully saturated rings. The molecule has 1 amide bonds. The average Bonchev–Trinajstić information content (AvgIpc) is 2.73. The molecule has 3 atom stereocenters. The highest BCUT2D eigenvalue weighted by atomic mass is 16.5. The third kappa shape index (κ3) is 6.26. The minimum Gasteiger partial charge on any atom is -0.392 e. The molecule has 0 bridgehead atoms. The van der Waals surface area contributed by atoms with E-state index in [-0.39, 0.29) is 5.91 Å². The normalized spacial score (nSPS) is 27.9. The second-order valence-corrected chi connectivity index (χ2v) is 7.67. The van der Waals surface area contributed by atoms with Crippen LogP contribution in [0.5, 0.6) is 0 Å². The first-order valence-electron chi connectivity index (χ1n) is 9.73. The molecule has 150 valence electrons. The number of hydrogen-bond acceptors (Lipinski definition) is 6. The predicted molar refractivity (Wildman–Crippen MR) is 102 cm³/mol. The van der Waals surface area contributed by atoms with Gasteiger partial charge in [0.25, 0.3) is 0 Å². The van der Waals surface area contributed by atoms with Crippen molar-refractivity contribution in [2.45, 2.75) is 44.7 Å². The predicted octanol–water partition coefficient (Wildman–Crippen LogP) is -0.0490. The van der Waals surface area contributed by atoms with Crippen molar-refractivity contribution in [3.8, 4) is 0 Å². The average molecular weight is 377 g/mol. The van der Waals surface area contributed by atoms with Crippen LogP contribution < -0.4 is 5.32 Å². The lowest BCUT2D eigenvalue weighted by Crippen LogP contribution is -2.45. The Kier molecular flexibility index (Phi) is 7.20. The Bertz CT molecular complexity index is 621. The van der Waals surface area contributed by atoms with Gasteiger partial charge in [-0.05, 0) is 17.5 Å². The number of rotatable bonds is 5. The van der Waals surface area contributed by atoms with Crippen LogP contribution in [0.15, 0.2) is 24.3 Å². The zero-order valence-corrected chi connectivity index (χ0v) is 16.0. The van der Waals surface area contributed by atoms with Crippen LogP contribution in [-0.2, 0) is 22.6 Å². The number of β-amino-alcohol motifs (C(OH)–C–C–N with tert-alkyl or cyclic N) is 2. The van der Waals surface area contributed by atoms with Gasteiger partial charge in [-0.2, -0.15) is 0 Å². The molecule has 1 aromatic rings. The van der Waals surface area contributed by atoms with E-state index in [1.165, 1.54) is 12.5 Å². The summed E-state index contributed by atoms with van der Waals surface area (Å²) >= 11 is 0. The summed E-state index contributed by atoms with van der Waals surface area (Å²) in [6, 6.07) is 8.07. The van der Waals surface area contributed by atoms with E-state index in [2.05, 4.69) is 39.4 Å². The van der Waals surface area contributed by atoms with E-state index in [0.717, 1.165) is 38.4 Å². The molecule has 3 rings (SSSR count). The summed E-state index contributed by atoms with van der Waals surface area (Å²) in [6.45, 7) is 7.42. The summed E-state index contributed by atoms with van der Waals surface area (Å²) in [7, 11) is 0. The zero-order chi connectivity index (χ0) is 19.2. The van der Waals surface area contributed by atoms with E-state index >= 15 is 0 Å². The van der Waals surface area contributed by atoms with Gasteiger partial charge in [-0.3, -0.25) is 14.6 Å². The number of aliphatic hydroxyl groups is 2. The van der Waals surface area contributed by atoms with E-state index in [9.17, 15) is 15.0 Å². The molecular weight excluding hydrogens is 346 g/mol. The first-order chi connectivity index (χ1) is 13.0. The van der Waals surface area contributed by atoms with Crippen molar-refractivity contribution in [2.75, 3.05) is 39.4 Å². The summed E-state index contributed by atoms with van der Waals surface area (Å²) in [5.41, 5.74) is 2.43. The molecule has 7 heteroatoms. The Morgan fingerprint density at radius 3 is 2.48 bits per heavy atom. The second kappa shape index (κ2) is 9.61. The smallest absolute Gasteiger partial charge is 0.217 e. The van der Waals surface area contributed by atoms with Gasteiger partial charge in [0, 0.05) is 46.2 Å². The molecule has 0 aromatic heterocycles. The Hall–Kier alpha value is -1.51. The van der Waals surface area contributed by atoms with Crippen molar-refractivity contribution in [2.24, 2.45) is 0 Å². The number of aliphatic hydroxyl groups excluding tert-OH is 2. The van der Waals surface area contributed by atoms with Crippen LogP contribution in [0.2, 0.25) is 0 Å². The SMILES string of the molecule is CC(=O)N[C@@H]1C[C@@H](O)CN(Cc2cccc(CN3CCOCC3)c2)C[C@H]1O. The van der Waals surface area contributed by atoms with E-state index in [1.54, 1.807) is 0 Å². The van der Waals surface area contributed by atoms with E-state index < -0.39 is 18.2 Å². The highest BCUT2D eigenvalue weighted by molar-refractivity contribution is 5.73. The fourth-order valence-corrected chi connectivity index (χ4v) is 3.94. The van der Waals surface area contributed by atoms with Crippen LogP contribution in [0.3, 0.4) is 0 Å². The van der Waals surface area contributed by atoms with E-state index in [1.807, 2.05) is 0 Å². The molecule has 2 aliphatic heterocycles. The molecule has 3 N–H and O–H groups in total. The van der Waals surface area contributed by atoms with E-state index in [0.29, 0.717) is 26.1 Å². The lowest BCUT2D eigenvalue weighted by Gasteiger charge is -2.27. The number of carbonyl (C=O) groups is 1. The minimum absolute atomic E-state index is 0.185. The van der Waals surface area contributed by atoms with Crippen LogP contribution in [0.25, 0.3) is 0 Å². The minimum atomic E-state index is -0.692. The van der Waals surface area contributed by atoms with Crippen LogP contribution in [0, 0.1) is 0 Å². The van der Waals surface area contributed by atoms with Gasteiger partial charge >= 0.3 is 0 Å². The van der Waals surface area contributed by atoms with Crippen molar-refractivity contribution in [1.82, 2.24) is 15.1 Å². The maximum absolute atomic E-state index is 11.3. The highest BCUT2D eigenvalue weighted by Gasteiger charge is 2.30. The molecule has 1 aromatic carbocycles. The lowest BCUT2D eigenvalue weighted by atomic mass is 10.1. The largest absolute Gasteiger partial charge is 0.392 e. The van der Waals surface area contributed by atoms with Crippen molar-refractivity contribution in [3.63, 3.8) is 0 Å². The number of benzene rings is 1. The van der Waals surface area contributed by atoms with Gasteiger partial charge in [0.1, 0.15) is 0 Å². The van der Waals surface area contributed by atoms with Crippen LogP contribution >= 0.6 is 0 Å². The number of nitrogens with zero attached hydrogens (tertiary/aromatic N) is 2. The van der Waals surface area contributed by atoms with E-state index in [4.69, 9.17) is 4.74 Å². The number of ether oxygens (including phenoxy) is 1. The molecule has 0 unspecified atom stereocenters. The van der Waals surface area contributed by atoms with Gasteiger partial charge in [0.15, 0.2) is 0 Å². The van der Waals surface area contributed by atoms with Crippen LogP contribution in [0.1, 0.15) is 24.5 Å². The number of likely N-dealkylation sites (tertiary alicyclic amines) is 1. The van der Waals surface area contributed by atoms with Crippen molar-refractivity contribution < 1.29 is 19.7 Å². The fourth-order valence-electron chi connectivity index (χ4n) is 3.94. The summed E-state index contributed by atoms with van der Waals surface area (Å²) in [4.78, 5) is 15.8. The fraction of sp³-hybridized carbons (Fsp3) is 0.650. The highest BCUT2D eigenvalue weighted by Crippen LogP contribution is 2.17. The molecule has 0 saturated carbocycles. The molecule has 0 aliphatic carbocycles. The first-order valence-corrected chi connectivity index (χ1v) is 9.73. The Morgan fingerprint density at radius 2 is 1.81 bits per heavy atom. The molecule has 7 nitrogen and oxygen atoms in total. The molecular formula is C20H31N3O4. The number of nitrogens with one attached hydrogen (secondary N) is 1. The number of hydrogen-bond donors (Lipinski definition) is 3. The molecule has 27 heavy (non-hydrogen) atoms. The molecule has 2 heterocycles. The lowest BCUT2D eigenvalue weighted by molar-refractivity contribution is -0.120. The van der Waals surface area contributed by atoms with Crippen LogP contribution in [0.4, 0.5) is 0 Å². The summed E-state index contributed by atoms with van der Waals surface area (Å²) in [5.74, 6) is -0.185. The van der Waals surface area contributed by atoms with Gasteiger partial charge in [-0.25, -0.2) is 0 Å². The summed E-state index contributed by atoms with van der Waals surface area (Å²) in [6.07, 6.45) is -0.896.